The molecule has 0 fully saturated rings. The van der Waals surface area contributed by atoms with Crippen molar-refractivity contribution in [2.24, 2.45) is 0 Å². The van der Waals surface area contributed by atoms with E-state index in [-0.39, 0.29) is 0 Å². The fraction of sp³-hybridized carbons (Fsp3) is 0.625. The van der Waals surface area contributed by atoms with Crippen LogP contribution in [0.5, 0.6) is 0 Å². The van der Waals surface area contributed by atoms with Gasteiger partial charge in [-0.15, -0.1) is 8.86 Å². The third-order valence-corrected chi connectivity index (χ3v) is 1.58. The average molecular weight is 142 g/mol. The second kappa shape index (κ2) is 6.04. The van der Waals surface area contributed by atoms with Crippen molar-refractivity contribution < 1.29 is 0 Å². The van der Waals surface area contributed by atoms with Crippen molar-refractivity contribution >= 4 is 14.2 Å². The predicted octanol–water partition coefficient (Wildman–Crippen LogP) is 3.07. The molecule has 0 heterocycles. The topological polar surface area (TPSA) is 0 Å². The Hall–Kier alpha value is -0.0900. The van der Waals surface area contributed by atoms with Gasteiger partial charge < -0.3 is 0 Å². The van der Waals surface area contributed by atoms with Gasteiger partial charge in [0.15, 0.2) is 0 Å². The lowest BCUT2D eigenvalue weighted by atomic mass is 10.2. The molecule has 1 heteroatoms. The van der Waals surface area contributed by atoms with E-state index in [4.69, 9.17) is 0 Å². The lowest BCUT2D eigenvalue weighted by molar-refractivity contribution is 0.841. The molecule has 0 aromatic rings. The van der Waals surface area contributed by atoms with Crippen molar-refractivity contribution in [2.45, 2.75) is 33.1 Å². The monoisotopic (exact) mass is 142 g/mol. The van der Waals surface area contributed by atoms with Crippen LogP contribution in [-0.4, -0.2) is 5.29 Å². The molecule has 0 aliphatic carbocycles. The highest BCUT2D eigenvalue weighted by atomic mass is 31.0. The maximum Gasteiger partial charge on any atom is -0.0241 e. The largest absolute Gasteiger partial charge is 0.119 e. The van der Waals surface area contributed by atoms with E-state index in [2.05, 4.69) is 27.9 Å². The summed E-state index contributed by atoms with van der Waals surface area (Å²) in [4.78, 5) is 0. The predicted molar refractivity (Wildman–Crippen MR) is 47.7 cm³/mol. The van der Waals surface area contributed by atoms with E-state index in [0.29, 0.717) is 0 Å². The van der Waals surface area contributed by atoms with Crippen molar-refractivity contribution in [1.82, 2.24) is 0 Å². The molecule has 0 radical (unpaired) electrons. The van der Waals surface area contributed by atoms with Gasteiger partial charge in [-0.1, -0.05) is 25.5 Å². The number of hydrogen-bond acceptors (Lipinski definition) is 0. The smallest absolute Gasteiger partial charge is 0.0241 e. The Morgan fingerprint density at radius 3 is 2.67 bits per heavy atom. The molecule has 0 aromatic carbocycles. The summed E-state index contributed by atoms with van der Waals surface area (Å²) in [5, 5.41) is 1.30. The van der Waals surface area contributed by atoms with Crippen LogP contribution in [0.15, 0.2) is 12.2 Å². The van der Waals surface area contributed by atoms with Crippen LogP contribution in [0.1, 0.15) is 33.1 Å². The minimum absolute atomic E-state index is 1.18. The van der Waals surface area contributed by atoms with Crippen LogP contribution in [0, 0.1) is 0 Å². The lowest BCUT2D eigenvalue weighted by Gasteiger charge is -1.93. The maximum absolute atomic E-state index is 3.52. The van der Waals surface area contributed by atoms with E-state index < -0.39 is 0 Å². The fourth-order valence-electron chi connectivity index (χ4n) is 0.652. The van der Waals surface area contributed by atoms with Crippen molar-refractivity contribution in [3.8, 4) is 0 Å². The number of unbranched alkanes of at least 4 members (excludes halogenated alkanes) is 1. The summed E-state index contributed by atoms with van der Waals surface area (Å²) >= 11 is 0. The third kappa shape index (κ3) is 5.79. The molecule has 52 valence electrons. The molecule has 0 aliphatic heterocycles. The Kier molecular flexibility index (Phi) is 5.98. The van der Waals surface area contributed by atoms with Gasteiger partial charge in [-0.3, -0.25) is 0 Å². The van der Waals surface area contributed by atoms with E-state index in [1.807, 2.05) is 6.92 Å². The normalized spacial score (nSPS) is 10.4. The molecule has 0 bridgehead atoms. The highest BCUT2D eigenvalue weighted by molar-refractivity contribution is 7.21. The molecule has 0 amide bonds. The first-order valence-electron chi connectivity index (χ1n) is 3.51. The molecule has 0 aromatic heterocycles. The Labute approximate surface area is 60.2 Å². The molecule has 0 rings (SSSR count). The highest BCUT2D eigenvalue weighted by Crippen LogP contribution is 1.99. The van der Waals surface area contributed by atoms with Gasteiger partial charge in [0.2, 0.25) is 0 Å². The van der Waals surface area contributed by atoms with Gasteiger partial charge in [-0.2, -0.15) is 0 Å². The average Bonchev–Trinajstić information content (AvgIpc) is 1.85. The second-order valence-corrected chi connectivity index (χ2v) is 2.77. The zero-order valence-electron chi connectivity index (χ0n) is 6.28. The Bertz CT molecular complexity index is 103. The molecule has 0 unspecified atom stereocenters. The minimum atomic E-state index is 1.18. The van der Waals surface area contributed by atoms with Crippen LogP contribution in [0.4, 0.5) is 0 Å². The first kappa shape index (κ1) is 8.91. The van der Waals surface area contributed by atoms with Gasteiger partial charge in [0.05, 0.1) is 0 Å². The molecular weight excluding hydrogens is 127 g/mol. The zero-order chi connectivity index (χ0) is 7.11. The summed E-state index contributed by atoms with van der Waals surface area (Å²) in [6.07, 6.45) is 7.89. The Morgan fingerprint density at radius 2 is 2.22 bits per heavy atom. The molecule has 0 saturated heterocycles. The van der Waals surface area contributed by atoms with Crippen molar-refractivity contribution in [3.63, 3.8) is 0 Å². The van der Waals surface area contributed by atoms with Gasteiger partial charge in [-0.05, 0) is 25.1 Å². The third-order valence-electron chi connectivity index (χ3n) is 1.17. The van der Waals surface area contributed by atoms with Crippen LogP contribution in [-0.2, 0) is 0 Å². The molecule has 0 N–H and O–H groups in total. The van der Waals surface area contributed by atoms with E-state index in [1.165, 1.54) is 24.6 Å². The zero-order valence-corrected chi connectivity index (χ0v) is 7.28. The molecule has 0 spiro atoms. The van der Waals surface area contributed by atoms with Crippen LogP contribution in [0.2, 0.25) is 0 Å². The quantitative estimate of drug-likeness (QED) is 0.529. The molecule has 0 atom stereocenters. The number of rotatable bonds is 4. The maximum atomic E-state index is 3.52. The minimum Gasteiger partial charge on any atom is -0.119 e. The molecule has 0 saturated carbocycles. The summed E-state index contributed by atoms with van der Waals surface area (Å²) in [5.41, 5.74) is 0. The number of allylic oxidation sites excluding steroid dienone is 2. The molecule has 0 aliphatic rings. The molecule has 9 heavy (non-hydrogen) atoms. The Balaban J connectivity index is 3.27. The van der Waals surface area contributed by atoms with Crippen molar-refractivity contribution in [2.75, 3.05) is 0 Å². The SMILES string of the molecule is CC=CC(=P)CCCC. The van der Waals surface area contributed by atoms with Gasteiger partial charge in [0.25, 0.3) is 0 Å². The van der Waals surface area contributed by atoms with Gasteiger partial charge in [0, 0.05) is 0 Å². The lowest BCUT2D eigenvalue weighted by Crippen LogP contribution is -1.86. The van der Waals surface area contributed by atoms with Crippen LogP contribution >= 0.6 is 8.86 Å². The summed E-state index contributed by atoms with van der Waals surface area (Å²) in [6, 6.07) is 0. The van der Waals surface area contributed by atoms with Crippen LogP contribution in [0.3, 0.4) is 0 Å². The summed E-state index contributed by atoms with van der Waals surface area (Å²) < 4.78 is 0. The summed E-state index contributed by atoms with van der Waals surface area (Å²) in [5.74, 6) is 0. The van der Waals surface area contributed by atoms with E-state index in [9.17, 15) is 0 Å². The van der Waals surface area contributed by atoms with Crippen LogP contribution < -0.4 is 0 Å². The second-order valence-electron chi connectivity index (χ2n) is 2.13. The van der Waals surface area contributed by atoms with Crippen molar-refractivity contribution in [1.29, 1.82) is 0 Å². The Morgan fingerprint density at radius 1 is 1.56 bits per heavy atom. The highest BCUT2D eigenvalue weighted by Gasteiger charge is 1.85. The van der Waals surface area contributed by atoms with Crippen molar-refractivity contribution in [3.05, 3.63) is 12.2 Å². The standard InChI is InChI=1S/C8H15P/c1-3-5-7-8(9)6-4-2/h4,6,9H,3,5,7H2,1-2H3. The first-order chi connectivity index (χ1) is 4.31. The van der Waals surface area contributed by atoms with Gasteiger partial charge in [-0.25, -0.2) is 0 Å². The number of hydrogen-bond donors (Lipinski definition) is 0. The van der Waals surface area contributed by atoms with Gasteiger partial charge >= 0.3 is 0 Å². The van der Waals surface area contributed by atoms with E-state index >= 15 is 0 Å². The first-order valence-corrected chi connectivity index (χ1v) is 4.01. The summed E-state index contributed by atoms with van der Waals surface area (Å²) in [7, 11) is 3.52. The molecule has 0 nitrogen and oxygen atoms in total. The van der Waals surface area contributed by atoms with E-state index in [0.717, 1.165) is 0 Å². The molecular formula is C8H15P. The van der Waals surface area contributed by atoms with Gasteiger partial charge in [0.1, 0.15) is 0 Å². The summed E-state index contributed by atoms with van der Waals surface area (Å²) in [6.45, 7) is 4.24. The van der Waals surface area contributed by atoms with Crippen LogP contribution in [0.25, 0.3) is 0 Å². The van der Waals surface area contributed by atoms with E-state index in [1.54, 1.807) is 0 Å². The fourth-order valence-corrected chi connectivity index (χ4v) is 0.995.